The van der Waals surface area contributed by atoms with Crippen LogP contribution in [0.3, 0.4) is 0 Å². The highest BCUT2D eigenvalue weighted by atomic mass is 32.2. The highest BCUT2D eigenvalue weighted by Gasteiger charge is 2.15. The van der Waals surface area contributed by atoms with Crippen molar-refractivity contribution in [3.8, 4) is 0 Å². The van der Waals surface area contributed by atoms with Crippen molar-refractivity contribution in [2.45, 2.75) is 17.7 Å². The van der Waals surface area contributed by atoms with E-state index in [1.165, 1.54) is 0 Å². The Morgan fingerprint density at radius 3 is 2.88 bits per heavy atom. The number of nitrogens with zero attached hydrogens (tertiary/aromatic N) is 3. The molecule has 1 saturated heterocycles. The Labute approximate surface area is 109 Å². The van der Waals surface area contributed by atoms with Crippen LogP contribution in [0.2, 0.25) is 0 Å². The van der Waals surface area contributed by atoms with Crippen LogP contribution in [-0.4, -0.2) is 52.9 Å². The Kier molecular flexibility index (Phi) is 4.75. The molecule has 1 N–H and O–H groups in total. The zero-order valence-corrected chi connectivity index (χ0v) is 11.4. The predicted octanol–water partition coefficient (Wildman–Crippen LogP) is 0.761. The number of carbonyl (C=O) groups is 1. The summed E-state index contributed by atoms with van der Waals surface area (Å²) >= 11 is 3.20. The number of piperazine rings is 1. The van der Waals surface area contributed by atoms with E-state index in [9.17, 15) is 4.79 Å². The standard InChI is InChI=1S/C10H16N4OS2/c1-8-12-13-10(17-8)16-7-2-9(15)14-5-3-11-4-6-14/h11H,2-7H2,1H3. The summed E-state index contributed by atoms with van der Waals surface area (Å²) in [7, 11) is 0. The quantitative estimate of drug-likeness (QED) is 0.820. The lowest BCUT2D eigenvalue weighted by molar-refractivity contribution is -0.131. The number of nitrogens with one attached hydrogen (secondary N) is 1. The van der Waals surface area contributed by atoms with Gasteiger partial charge in [-0.15, -0.1) is 10.2 Å². The molecule has 1 aliphatic heterocycles. The fraction of sp³-hybridized carbons (Fsp3) is 0.700. The summed E-state index contributed by atoms with van der Waals surface area (Å²) in [6, 6.07) is 0. The van der Waals surface area contributed by atoms with Gasteiger partial charge in [-0.25, -0.2) is 0 Å². The molecule has 1 aliphatic rings. The number of hydrogen-bond acceptors (Lipinski definition) is 6. The number of aromatic nitrogens is 2. The average Bonchev–Trinajstić information content (AvgIpc) is 2.76. The maximum absolute atomic E-state index is 11.8. The SMILES string of the molecule is Cc1nnc(SCCC(=O)N2CCNCC2)s1. The third-order valence-corrected chi connectivity index (χ3v) is 4.49. The van der Waals surface area contributed by atoms with Gasteiger partial charge in [0.2, 0.25) is 5.91 Å². The van der Waals surface area contributed by atoms with Crippen LogP contribution in [0.1, 0.15) is 11.4 Å². The van der Waals surface area contributed by atoms with E-state index in [4.69, 9.17) is 0 Å². The van der Waals surface area contributed by atoms with E-state index in [1.807, 2.05) is 11.8 Å². The Hall–Kier alpha value is -0.660. The summed E-state index contributed by atoms with van der Waals surface area (Å²) in [5.41, 5.74) is 0. The lowest BCUT2D eigenvalue weighted by atomic mass is 10.3. The van der Waals surface area contributed by atoms with Gasteiger partial charge in [-0.05, 0) is 6.92 Å². The molecule has 1 fully saturated rings. The van der Waals surface area contributed by atoms with Gasteiger partial charge in [-0.1, -0.05) is 23.1 Å². The molecule has 1 aromatic rings. The molecule has 0 saturated carbocycles. The molecule has 7 heteroatoms. The van der Waals surface area contributed by atoms with Crippen LogP contribution >= 0.6 is 23.1 Å². The third kappa shape index (κ3) is 3.93. The van der Waals surface area contributed by atoms with Gasteiger partial charge in [0.05, 0.1) is 0 Å². The van der Waals surface area contributed by atoms with Crippen molar-refractivity contribution in [3.63, 3.8) is 0 Å². The Morgan fingerprint density at radius 2 is 2.24 bits per heavy atom. The van der Waals surface area contributed by atoms with Crippen LogP contribution in [0.5, 0.6) is 0 Å². The number of rotatable bonds is 4. The van der Waals surface area contributed by atoms with E-state index in [0.717, 1.165) is 41.3 Å². The van der Waals surface area contributed by atoms with Gasteiger partial charge in [0.25, 0.3) is 0 Å². The van der Waals surface area contributed by atoms with Crippen LogP contribution in [0.25, 0.3) is 0 Å². The van der Waals surface area contributed by atoms with Crippen molar-refractivity contribution < 1.29 is 4.79 Å². The molecule has 1 amide bonds. The van der Waals surface area contributed by atoms with Crippen molar-refractivity contribution in [1.82, 2.24) is 20.4 Å². The first-order chi connectivity index (χ1) is 8.25. The minimum Gasteiger partial charge on any atom is -0.340 e. The van der Waals surface area contributed by atoms with E-state index >= 15 is 0 Å². The summed E-state index contributed by atoms with van der Waals surface area (Å²) in [6.07, 6.45) is 0.587. The van der Waals surface area contributed by atoms with Crippen molar-refractivity contribution in [2.75, 3.05) is 31.9 Å². The minimum atomic E-state index is 0.250. The van der Waals surface area contributed by atoms with E-state index in [-0.39, 0.29) is 5.91 Å². The second kappa shape index (κ2) is 6.32. The van der Waals surface area contributed by atoms with Crippen molar-refractivity contribution in [1.29, 1.82) is 0 Å². The maximum atomic E-state index is 11.8. The Bertz CT molecular complexity index is 376. The molecule has 94 valence electrons. The first-order valence-electron chi connectivity index (χ1n) is 5.67. The molecule has 5 nitrogen and oxygen atoms in total. The molecule has 17 heavy (non-hydrogen) atoms. The molecular weight excluding hydrogens is 256 g/mol. The molecule has 2 heterocycles. The smallest absolute Gasteiger partial charge is 0.223 e. The van der Waals surface area contributed by atoms with Crippen molar-refractivity contribution in [2.24, 2.45) is 0 Å². The minimum absolute atomic E-state index is 0.250. The van der Waals surface area contributed by atoms with Gasteiger partial charge in [0.1, 0.15) is 5.01 Å². The summed E-state index contributed by atoms with van der Waals surface area (Å²) < 4.78 is 0.954. The Morgan fingerprint density at radius 1 is 1.47 bits per heavy atom. The van der Waals surface area contributed by atoms with Crippen molar-refractivity contribution in [3.05, 3.63) is 5.01 Å². The highest BCUT2D eigenvalue weighted by molar-refractivity contribution is 8.01. The zero-order chi connectivity index (χ0) is 12.1. The molecule has 0 bridgehead atoms. The molecule has 1 aromatic heterocycles. The maximum Gasteiger partial charge on any atom is 0.223 e. The molecule has 0 unspecified atom stereocenters. The molecule has 0 radical (unpaired) electrons. The van der Waals surface area contributed by atoms with Gasteiger partial charge in [0, 0.05) is 38.4 Å². The molecule has 0 aliphatic carbocycles. The summed E-state index contributed by atoms with van der Waals surface area (Å²) in [4.78, 5) is 13.8. The van der Waals surface area contributed by atoms with Crippen LogP contribution in [0.15, 0.2) is 4.34 Å². The number of amides is 1. The lowest BCUT2D eigenvalue weighted by Crippen LogP contribution is -2.46. The second-order valence-electron chi connectivity index (χ2n) is 3.82. The first kappa shape index (κ1) is 12.8. The highest BCUT2D eigenvalue weighted by Crippen LogP contribution is 2.22. The van der Waals surface area contributed by atoms with Crippen LogP contribution in [0, 0.1) is 6.92 Å². The molecule has 0 spiro atoms. The normalized spacial score (nSPS) is 16.2. The Balaban J connectivity index is 1.69. The van der Waals surface area contributed by atoms with Gasteiger partial charge >= 0.3 is 0 Å². The molecule has 2 rings (SSSR count). The van der Waals surface area contributed by atoms with E-state index in [2.05, 4.69) is 15.5 Å². The lowest BCUT2D eigenvalue weighted by Gasteiger charge is -2.27. The number of aryl methyl sites for hydroxylation is 1. The van der Waals surface area contributed by atoms with Gasteiger partial charge in [0.15, 0.2) is 4.34 Å². The number of carbonyl (C=O) groups excluding carboxylic acids is 1. The number of hydrogen-bond donors (Lipinski definition) is 1. The van der Waals surface area contributed by atoms with Gasteiger partial charge in [-0.2, -0.15) is 0 Å². The topological polar surface area (TPSA) is 58.1 Å². The van der Waals surface area contributed by atoms with Gasteiger partial charge < -0.3 is 10.2 Å². The summed E-state index contributed by atoms with van der Waals surface area (Å²) in [5, 5.41) is 12.2. The van der Waals surface area contributed by atoms with Gasteiger partial charge in [-0.3, -0.25) is 4.79 Å². The fourth-order valence-electron chi connectivity index (χ4n) is 1.63. The number of thioether (sulfide) groups is 1. The first-order valence-corrected chi connectivity index (χ1v) is 7.47. The monoisotopic (exact) mass is 272 g/mol. The molecule has 0 atom stereocenters. The van der Waals surface area contributed by atoms with E-state index < -0.39 is 0 Å². The summed E-state index contributed by atoms with van der Waals surface area (Å²) in [5.74, 6) is 1.04. The average molecular weight is 272 g/mol. The van der Waals surface area contributed by atoms with E-state index in [1.54, 1.807) is 23.1 Å². The van der Waals surface area contributed by atoms with Crippen LogP contribution in [0.4, 0.5) is 0 Å². The summed E-state index contributed by atoms with van der Waals surface area (Å²) in [6.45, 7) is 5.43. The van der Waals surface area contributed by atoms with Crippen LogP contribution < -0.4 is 5.32 Å². The fourth-order valence-corrected chi connectivity index (χ4v) is 3.45. The van der Waals surface area contributed by atoms with E-state index in [0.29, 0.717) is 6.42 Å². The van der Waals surface area contributed by atoms with Crippen molar-refractivity contribution >= 4 is 29.0 Å². The molecular formula is C10H16N4OS2. The predicted molar refractivity (Wildman–Crippen MR) is 69.4 cm³/mol. The van der Waals surface area contributed by atoms with Crippen LogP contribution in [-0.2, 0) is 4.79 Å². The third-order valence-electron chi connectivity index (χ3n) is 2.52. The molecule has 0 aromatic carbocycles. The largest absolute Gasteiger partial charge is 0.340 e. The second-order valence-corrected chi connectivity index (χ2v) is 6.34. The zero-order valence-electron chi connectivity index (χ0n) is 9.81.